The number of rotatable bonds is 6. The molecule has 0 atom stereocenters. The second kappa shape index (κ2) is 8.98. The zero-order valence-electron chi connectivity index (χ0n) is 11.8. The van der Waals surface area contributed by atoms with Gasteiger partial charge in [0.25, 0.3) is 0 Å². The van der Waals surface area contributed by atoms with Crippen LogP contribution in [0.25, 0.3) is 0 Å². The summed E-state index contributed by atoms with van der Waals surface area (Å²) in [4.78, 5) is 0. The van der Waals surface area contributed by atoms with Crippen molar-refractivity contribution in [2.45, 2.75) is 5.75 Å². The van der Waals surface area contributed by atoms with E-state index in [4.69, 9.17) is 23.8 Å². The Morgan fingerprint density at radius 1 is 1.18 bits per heavy atom. The molecule has 0 amide bonds. The van der Waals surface area contributed by atoms with Crippen molar-refractivity contribution in [2.24, 2.45) is 0 Å². The van der Waals surface area contributed by atoms with Gasteiger partial charge in [-0.3, -0.25) is 0 Å². The molecule has 0 aromatic heterocycles. The van der Waals surface area contributed by atoms with E-state index in [1.807, 2.05) is 30.0 Å². The van der Waals surface area contributed by atoms with Crippen molar-refractivity contribution in [3.8, 4) is 0 Å². The maximum Gasteiger partial charge on any atom is 0.170 e. The van der Waals surface area contributed by atoms with Gasteiger partial charge in [0.15, 0.2) is 5.11 Å². The third-order valence-corrected chi connectivity index (χ3v) is 4.30. The highest BCUT2D eigenvalue weighted by atomic mass is 35.5. The summed E-state index contributed by atoms with van der Waals surface area (Å²) >= 11 is 12.9. The number of hydrogen-bond acceptors (Lipinski definition) is 2. The van der Waals surface area contributed by atoms with E-state index in [2.05, 4.69) is 16.7 Å². The average molecular weight is 355 g/mol. The van der Waals surface area contributed by atoms with Crippen LogP contribution in [0.2, 0.25) is 5.02 Å². The Bertz CT molecular complexity index is 620. The molecule has 2 N–H and O–H groups in total. The first kappa shape index (κ1) is 17.1. The highest BCUT2D eigenvalue weighted by Gasteiger charge is 1.99. The fourth-order valence-corrected chi connectivity index (χ4v) is 3.00. The molecule has 0 bridgehead atoms. The molecular formula is C16H16ClFN2S2. The summed E-state index contributed by atoms with van der Waals surface area (Å²) in [6, 6.07) is 14.0. The van der Waals surface area contributed by atoms with Gasteiger partial charge in [-0.1, -0.05) is 23.7 Å². The van der Waals surface area contributed by atoms with Crippen LogP contribution < -0.4 is 10.6 Å². The first-order chi connectivity index (χ1) is 10.6. The molecular weight excluding hydrogens is 339 g/mol. The summed E-state index contributed by atoms with van der Waals surface area (Å²) in [5.74, 6) is 1.58. The van der Waals surface area contributed by atoms with Gasteiger partial charge in [-0.25, -0.2) is 4.39 Å². The van der Waals surface area contributed by atoms with E-state index < -0.39 is 0 Å². The number of thioether (sulfide) groups is 1. The summed E-state index contributed by atoms with van der Waals surface area (Å²) < 4.78 is 12.8. The minimum Gasteiger partial charge on any atom is -0.362 e. The second-order valence-electron chi connectivity index (χ2n) is 4.57. The summed E-state index contributed by atoms with van der Waals surface area (Å²) in [5.41, 5.74) is 1.98. The zero-order chi connectivity index (χ0) is 15.8. The quantitative estimate of drug-likeness (QED) is 0.580. The van der Waals surface area contributed by atoms with Crippen molar-refractivity contribution in [1.29, 1.82) is 0 Å². The average Bonchev–Trinajstić information content (AvgIpc) is 2.49. The van der Waals surface area contributed by atoms with Gasteiger partial charge in [-0.2, -0.15) is 11.8 Å². The van der Waals surface area contributed by atoms with E-state index in [0.717, 1.165) is 28.8 Å². The minimum atomic E-state index is -0.262. The monoisotopic (exact) mass is 354 g/mol. The number of thiocarbonyl (C=S) groups is 1. The fraction of sp³-hybridized carbons (Fsp3) is 0.188. The molecule has 0 saturated heterocycles. The molecule has 0 heterocycles. The smallest absolute Gasteiger partial charge is 0.170 e. The summed E-state index contributed by atoms with van der Waals surface area (Å²) in [6.45, 7) is 0.762. The Morgan fingerprint density at radius 3 is 2.68 bits per heavy atom. The first-order valence-corrected chi connectivity index (χ1v) is 8.70. The van der Waals surface area contributed by atoms with Crippen LogP contribution in [0.1, 0.15) is 5.56 Å². The van der Waals surface area contributed by atoms with Crippen molar-refractivity contribution in [1.82, 2.24) is 5.32 Å². The molecule has 0 aliphatic rings. The Labute approximate surface area is 144 Å². The van der Waals surface area contributed by atoms with Crippen molar-refractivity contribution in [3.63, 3.8) is 0 Å². The van der Waals surface area contributed by atoms with Gasteiger partial charge >= 0.3 is 0 Å². The van der Waals surface area contributed by atoms with Crippen LogP contribution in [-0.2, 0) is 5.75 Å². The molecule has 0 aliphatic carbocycles. The Kier molecular flexibility index (Phi) is 6.96. The molecule has 2 aromatic carbocycles. The van der Waals surface area contributed by atoms with Crippen molar-refractivity contribution < 1.29 is 4.39 Å². The van der Waals surface area contributed by atoms with Crippen molar-refractivity contribution in [2.75, 3.05) is 17.6 Å². The largest absolute Gasteiger partial charge is 0.362 e. The highest BCUT2D eigenvalue weighted by molar-refractivity contribution is 7.98. The fourth-order valence-electron chi connectivity index (χ4n) is 1.76. The lowest BCUT2D eigenvalue weighted by Crippen LogP contribution is -2.30. The van der Waals surface area contributed by atoms with Crippen LogP contribution >= 0.6 is 35.6 Å². The third-order valence-electron chi connectivity index (χ3n) is 2.79. The molecule has 22 heavy (non-hydrogen) atoms. The third kappa shape index (κ3) is 6.22. The molecule has 2 nitrogen and oxygen atoms in total. The van der Waals surface area contributed by atoms with E-state index in [1.54, 1.807) is 12.1 Å². The van der Waals surface area contributed by atoms with Crippen LogP contribution in [0, 0.1) is 5.82 Å². The maximum absolute atomic E-state index is 12.8. The highest BCUT2D eigenvalue weighted by Crippen LogP contribution is 2.16. The standard InChI is InChI=1S/C16H16ClFN2S2/c17-13-3-1-2-12(10-13)11-22-9-8-19-16(21)20-15-6-4-14(18)5-7-15/h1-7,10H,8-9,11H2,(H2,19,20,21). The number of anilines is 1. The molecule has 2 aromatic rings. The first-order valence-electron chi connectivity index (χ1n) is 6.76. The Morgan fingerprint density at radius 2 is 1.95 bits per heavy atom. The van der Waals surface area contributed by atoms with Crippen LogP contribution in [0.4, 0.5) is 10.1 Å². The molecule has 0 radical (unpaired) electrons. The van der Waals surface area contributed by atoms with Crippen LogP contribution in [0.5, 0.6) is 0 Å². The van der Waals surface area contributed by atoms with Crippen LogP contribution in [-0.4, -0.2) is 17.4 Å². The molecule has 6 heteroatoms. The van der Waals surface area contributed by atoms with Gasteiger partial charge in [0.2, 0.25) is 0 Å². The number of nitrogens with one attached hydrogen (secondary N) is 2. The number of benzene rings is 2. The number of halogens is 2. The number of hydrogen-bond donors (Lipinski definition) is 2. The van der Waals surface area contributed by atoms with E-state index >= 15 is 0 Å². The maximum atomic E-state index is 12.8. The van der Waals surface area contributed by atoms with Gasteiger partial charge in [0.1, 0.15) is 5.82 Å². The molecule has 2 rings (SSSR count). The molecule has 0 fully saturated rings. The van der Waals surface area contributed by atoms with E-state index in [9.17, 15) is 4.39 Å². The van der Waals surface area contributed by atoms with Gasteiger partial charge in [0.05, 0.1) is 0 Å². The summed E-state index contributed by atoms with van der Waals surface area (Å²) in [7, 11) is 0. The lowest BCUT2D eigenvalue weighted by molar-refractivity contribution is 0.628. The van der Waals surface area contributed by atoms with E-state index in [0.29, 0.717) is 5.11 Å². The predicted molar refractivity (Wildman–Crippen MR) is 98.2 cm³/mol. The molecule has 0 aliphatic heterocycles. The van der Waals surface area contributed by atoms with Gasteiger partial charge < -0.3 is 10.6 Å². The zero-order valence-corrected chi connectivity index (χ0v) is 14.2. The lowest BCUT2D eigenvalue weighted by atomic mass is 10.2. The summed E-state index contributed by atoms with van der Waals surface area (Å²) in [5, 5.41) is 7.44. The van der Waals surface area contributed by atoms with E-state index in [1.165, 1.54) is 17.7 Å². The summed E-state index contributed by atoms with van der Waals surface area (Å²) in [6.07, 6.45) is 0. The normalized spacial score (nSPS) is 10.3. The molecule has 116 valence electrons. The van der Waals surface area contributed by atoms with Crippen LogP contribution in [0.3, 0.4) is 0 Å². The van der Waals surface area contributed by atoms with Crippen LogP contribution in [0.15, 0.2) is 48.5 Å². The topological polar surface area (TPSA) is 24.1 Å². The Balaban J connectivity index is 1.62. The SMILES string of the molecule is Fc1ccc(NC(=S)NCCSCc2cccc(Cl)c2)cc1. The molecule has 0 unspecified atom stereocenters. The molecule has 0 saturated carbocycles. The predicted octanol–water partition coefficient (Wildman–Crippen LogP) is 4.70. The second-order valence-corrected chi connectivity index (χ2v) is 6.52. The lowest BCUT2D eigenvalue weighted by Gasteiger charge is -2.10. The van der Waals surface area contributed by atoms with Gasteiger partial charge in [0, 0.05) is 28.8 Å². The van der Waals surface area contributed by atoms with Crippen molar-refractivity contribution >= 4 is 46.4 Å². The van der Waals surface area contributed by atoms with Gasteiger partial charge in [-0.05, 0) is 54.2 Å². The van der Waals surface area contributed by atoms with Crippen molar-refractivity contribution in [3.05, 3.63) is 64.9 Å². The molecule has 0 spiro atoms. The Hall–Kier alpha value is -1.30. The minimum absolute atomic E-state index is 0.262. The van der Waals surface area contributed by atoms with E-state index in [-0.39, 0.29) is 5.82 Å². The van der Waals surface area contributed by atoms with Gasteiger partial charge in [-0.15, -0.1) is 0 Å².